The summed E-state index contributed by atoms with van der Waals surface area (Å²) in [6.45, 7) is 5.37. The van der Waals surface area contributed by atoms with E-state index in [1.807, 2.05) is 24.3 Å². The molecular weight excluding hydrogens is 358 g/mol. The molecule has 9 heteroatoms. The third-order valence-electron chi connectivity index (χ3n) is 4.04. The summed E-state index contributed by atoms with van der Waals surface area (Å²) in [5.41, 5.74) is 1.72. The summed E-state index contributed by atoms with van der Waals surface area (Å²) in [6, 6.07) is 7.38. The van der Waals surface area contributed by atoms with Crippen molar-refractivity contribution in [1.29, 1.82) is 0 Å². The average Bonchev–Trinajstić information content (AvgIpc) is 2.96. The van der Waals surface area contributed by atoms with Gasteiger partial charge in [-0.3, -0.25) is 4.79 Å². The van der Waals surface area contributed by atoms with Gasteiger partial charge in [0.2, 0.25) is 0 Å². The number of carbonyl (C=O) groups excluding carboxylic acids is 1. The van der Waals surface area contributed by atoms with E-state index in [2.05, 4.69) is 20.8 Å². The van der Waals surface area contributed by atoms with Crippen molar-refractivity contribution in [2.45, 2.75) is 6.92 Å². The monoisotopic (exact) mass is 381 g/mol. The molecule has 0 saturated carbocycles. The summed E-state index contributed by atoms with van der Waals surface area (Å²) in [5, 5.41) is 14.8. The number of ether oxygens (including phenoxy) is 2. The highest BCUT2D eigenvalue weighted by Crippen LogP contribution is 2.15. The van der Waals surface area contributed by atoms with Crippen LogP contribution in [0.15, 0.2) is 24.3 Å². The third kappa shape index (κ3) is 4.94. The number of nitrogens with zero attached hydrogens (tertiary/aromatic N) is 3. The lowest BCUT2D eigenvalue weighted by atomic mass is 10.0. The molecule has 1 amide bonds. The number of hydrogen-bond donors (Lipinski definition) is 2. The molecule has 3 rings (SSSR count). The van der Waals surface area contributed by atoms with Crippen LogP contribution in [0.2, 0.25) is 0 Å². The predicted octanol–water partition coefficient (Wildman–Crippen LogP) is 0.972. The lowest BCUT2D eigenvalue weighted by molar-refractivity contribution is 0.0936. The van der Waals surface area contributed by atoms with Crippen molar-refractivity contribution in [2.24, 2.45) is 5.92 Å². The van der Waals surface area contributed by atoms with Crippen LogP contribution in [0, 0.1) is 12.8 Å². The minimum absolute atomic E-state index is 0. The van der Waals surface area contributed by atoms with Gasteiger partial charge in [-0.05, 0) is 31.2 Å². The number of benzene rings is 1. The van der Waals surface area contributed by atoms with Crippen molar-refractivity contribution in [3.05, 3.63) is 35.7 Å². The summed E-state index contributed by atoms with van der Waals surface area (Å²) in [4.78, 5) is 13.7. The highest BCUT2D eigenvalue weighted by atomic mass is 35.5. The highest BCUT2D eigenvalue weighted by Gasteiger charge is 2.20. The summed E-state index contributed by atoms with van der Waals surface area (Å²) in [5.74, 6) is 1.07. The second-order valence-corrected chi connectivity index (χ2v) is 5.99. The number of aryl methyl sites for hydroxylation is 1. The fraction of sp³-hybridized carbons (Fsp3) is 0.471. The number of halogens is 1. The van der Waals surface area contributed by atoms with Gasteiger partial charge in [0.1, 0.15) is 12.4 Å². The average molecular weight is 382 g/mol. The Kier molecular flexibility index (Phi) is 7.38. The van der Waals surface area contributed by atoms with Crippen molar-refractivity contribution < 1.29 is 14.3 Å². The van der Waals surface area contributed by atoms with Crippen LogP contribution < -0.4 is 15.4 Å². The smallest absolute Gasteiger partial charge is 0.273 e. The van der Waals surface area contributed by atoms with Gasteiger partial charge in [-0.15, -0.1) is 17.5 Å². The van der Waals surface area contributed by atoms with Gasteiger partial charge in [0.05, 0.1) is 18.0 Å². The van der Waals surface area contributed by atoms with Gasteiger partial charge >= 0.3 is 0 Å². The van der Waals surface area contributed by atoms with E-state index in [1.54, 1.807) is 14.0 Å². The maximum Gasteiger partial charge on any atom is 0.273 e. The number of nitrogens with one attached hydrogen (secondary N) is 2. The fourth-order valence-electron chi connectivity index (χ4n) is 2.44. The van der Waals surface area contributed by atoms with Gasteiger partial charge in [0.15, 0.2) is 5.69 Å². The zero-order valence-corrected chi connectivity index (χ0v) is 15.7. The third-order valence-corrected chi connectivity index (χ3v) is 4.04. The van der Waals surface area contributed by atoms with E-state index in [9.17, 15) is 4.79 Å². The Morgan fingerprint density at radius 2 is 2.00 bits per heavy atom. The standard InChI is InChI=1S/C17H23N5O3.ClH/c1-12-16(17(23)19-11-13-9-18-10-13)21-22(20-12)14-3-5-15(6-4-14)25-8-7-24-2;/h3-6,13,18H,7-11H2,1-2H3,(H,19,23);1H. The Hall–Kier alpha value is -2.16. The van der Waals surface area contributed by atoms with E-state index in [4.69, 9.17) is 9.47 Å². The molecule has 0 unspecified atom stereocenters. The molecule has 0 aliphatic carbocycles. The van der Waals surface area contributed by atoms with Crippen molar-refractivity contribution >= 4 is 18.3 Å². The van der Waals surface area contributed by atoms with E-state index >= 15 is 0 Å². The lowest BCUT2D eigenvalue weighted by Crippen LogP contribution is -2.48. The first-order valence-electron chi connectivity index (χ1n) is 8.32. The molecule has 1 aromatic heterocycles. The van der Waals surface area contributed by atoms with Crippen LogP contribution in [0.4, 0.5) is 0 Å². The van der Waals surface area contributed by atoms with E-state index in [0.29, 0.717) is 37.1 Å². The summed E-state index contributed by atoms with van der Waals surface area (Å²) in [6.07, 6.45) is 0. The van der Waals surface area contributed by atoms with Crippen LogP contribution in [0.5, 0.6) is 5.75 Å². The first-order valence-corrected chi connectivity index (χ1v) is 8.32. The predicted molar refractivity (Wildman–Crippen MR) is 99.4 cm³/mol. The minimum atomic E-state index is -0.185. The zero-order valence-electron chi connectivity index (χ0n) is 14.9. The van der Waals surface area contributed by atoms with Crippen LogP contribution in [-0.4, -0.2) is 60.9 Å². The summed E-state index contributed by atoms with van der Waals surface area (Å²) < 4.78 is 10.5. The summed E-state index contributed by atoms with van der Waals surface area (Å²) >= 11 is 0. The largest absolute Gasteiger partial charge is 0.491 e. The Morgan fingerprint density at radius 3 is 2.62 bits per heavy atom. The van der Waals surface area contributed by atoms with Gasteiger partial charge in [0.25, 0.3) is 5.91 Å². The zero-order chi connectivity index (χ0) is 17.6. The second kappa shape index (κ2) is 9.51. The van der Waals surface area contributed by atoms with Crippen molar-refractivity contribution in [3.8, 4) is 11.4 Å². The van der Waals surface area contributed by atoms with Crippen LogP contribution >= 0.6 is 12.4 Å². The molecule has 1 aliphatic heterocycles. The first-order chi connectivity index (χ1) is 12.2. The molecule has 2 aromatic rings. The molecule has 0 atom stereocenters. The first kappa shape index (κ1) is 20.2. The molecule has 8 nitrogen and oxygen atoms in total. The fourth-order valence-corrected chi connectivity index (χ4v) is 2.44. The Balaban J connectivity index is 0.00000243. The number of methoxy groups -OCH3 is 1. The van der Waals surface area contributed by atoms with Crippen molar-refractivity contribution in [2.75, 3.05) is 40.0 Å². The molecule has 1 aromatic carbocycles. The van der Waals surface area contributed by atoms with Gasteiger partial charge in [-0.2, -0.15) is 9.90 Å². The number of aromatic nitrogens is 3. The quantitative estimate of drug-likeness (QED) is 0.662. The van der Waals surface area contributed by atoms with E-state index in [1.165, 1.54) is 4.80 Å². The summed E-state index contributed by atoms with van der Waals surface area (Å²) in [7, 11) is 1.63. The SMILES string of the molecule is COCCOc1ccc(-n2nc(C)c(C(=O)NCC3CNC3)n2)cc1.Cl. The molecular formula is C17H24ClN5O3. The lowest BCUT2D eigenvalue weighted by Gasteiger charge is -2.26. The molecule has 26 heavy (non-hydrogen) atoms. The van der Waals surface area contributed by atoms with E-state index in [0.717, 1.165) is 24.5 Å². The molecule has 2 heterocycles. The number of amides is 1. The second-order valence-electron chi connectivity index (χ2n) is 5.99. The number of rotatable bonds is 8. The van der Waals surface area contributed by atoms with Crippen LogP contribution in [0.3, 0.4) is 0 Å². The van der Waals surface area contributed by atoms with Gasteiger partial charge in [-0.1, -0.05) is 0 Å². The van der Waals surface area contributed by atoms with E-state index in [-0.39, 0.29) is 18.3 Å². The van der Waals surface area contributed by atoms with Crippen molar-refractivity contribution in [3.63, 3.8) is 0 Å². The van der Waals surface area contributed by atoms with Crippen molar-refractivity contribution in [1.82, 2.24) is 25.6 Å². The maximum atomic E-state index is 12.3. The Labute approximate surface area is 158 Å². The normalized spacial score (nSPS) is 13.6. The molecule has 0 spiro atoms. The maximum absolute atomic E-state index is 12.3. The molecule has 0 bridgehead atoms. The topological polar surface area (TPSA) is 90.3 Å². The molecule has 2 N–H and O–H groups in total. The molecule has 142 valence electrons. The Morgan fingerprint density at radius 1 is 1.27 bits per heavy atom. The van der Waals surface area contributed by atoms with Crippen LogP contribution in [0.25, 0.3) is 5.69 Å². The molecule has 1 aliphatic rings. The van der Waals surface area contributed by atoms with E-state index < -0.39 is 0 Å². The van der Waals surface area contributed by atoms with Gasteiger partial charge < -0.3 is 20.1 Å². The molecule has 1 fully saturated rings. The molecule has 1 saturated heterocycles. The minimum Gasteiger partial charge on any atom is -0.491 e. The Bertz CT molecular complexity index is 716. The van der Waals surface area contributed by atoms with Gasteiger partial charge in [-0.25, -0.2) is 0 Å². The van der Waals surface area contributed by atoms with Crippen LogP contribution in [0.1, 0.15) is 16.2 Å². The number of hydrogen-bond acceptors (Lipinski definition) is 6. The van der Waals surface area contributed by atoms with Gasteiger partial charge in [0, 0.05) is 32.7 Å². The number of carbonyl (C=O) groups is 1. The van der Waals surface area contributed by atoms with Crippen LogP contribution in [-0.2, 0) is 4.74 Å². The highest BCUT2D eigenvalue weighted by molar-refractivity contribution is 5.93. The molecule has 0 radical (unpaired) electrons.